The third kappa shape index (κ3) is 5.51. The number of aliphatic imine (C=N–C) groups is 2. The summed E-state index contributed by atoms with van der Waals surface area (Å²) in [6, 6.07) is 60.5. The smallest absolute Gasteiger partial charge is 0.155 e. The second-order valence-corrected chi connectivity index (χ2v) is 13.2. The maximum absolute atomic E-state index is 4.86. The molecule has 0 N–H and O–H groups in total. The van der Waals surface area contributed by atoms with Gasteiger partial charge in [0.2, 0.25) is 0 Å². The molecule has 0 fully saturated rings. The Morgan fingerprint density at radius 2 is 1.10 bits per heavy atom. The summed E-state index contributed by atoms with van der Waals surface area (Å²) >= 11 is 0. The van der Waals surface area contributed by atoms with Gasteiger partial charge < -0.3 is 9.47 Å². The Morgan fingerprint density at radius 1 is 0.490 bits per heavy atom. The number of nitrogens with zero attached hydrogens (tertiary/aromatic N) is 4. The molecule has 0 saturated carbocycles. The van der Waals surface area contributed by atoms with Crippen molar-refractivity contribution in [1.29, 1.82) is 0 Å². The molecule has 0 bridgehead atoms. The second-order valence-electron chi connectivity index (χ2n) is 13.2. The van der Waals surface area contributed by atoms with Crippen LogP contribution in [0.2, 0.25) is 0 Å². The van der Waals surface area contributed by atoms with Crippen molar-refractivity contribution in [2.45, 2.75) is 13.8 Å². The molecule has 4 nitrogen and oxygen atoms in total. The van der Waals surface area contributed by atoms with Crippen molar-refractivity contribution in [3.8, 4) is 16.8 Å². The van der Waals surface area contributed by atoms with E-state index in [1.165, 1.54) is 49.7 Å². The molecule has 2 heterocycles. The number of benzene rings is 7. The monoisotopic (exact) mass is 656 g/mol. The summed E-state index contributed by atoms with van der Waals surface area (Å²) < 4.78 is 2.43. The first-order valence-corrected chi connectivity index (χ1v) is 17.5. The Bertz CT molecular complexity index is 2560. The maximum Gasteiger partial charge on any atom is 0.155 e. The van der Waals surface area contributed by atoms with Crippen LogP contribution in [0.15, 0.2) is 180 Å². The lowest BCUT2D eigenvalue weighted by atomic mass is 9.95. The molecule has 0 aliphatic carbocycles. The number of aryl methyl sites for hydroxylation is 2. The van der Waals surface area contributed by atoms with Gasteiger partial charge >= 0.3 is 0 Å². The number of hydrogen-bond acceptors (Lipinski definition) is 3. The van der Waals surface area contributed by atoms with E-state index in [0.717, 1.165) is 39.7 Å². The SMILES string of the molecule is Cc1cc(-n2c3ccccc3c3cc(N(c4ccccc4)c4ccccc4)ccc32)c(C)cc1-c1ccc(C2=NC(c3ccccc3)=NC2)cc1. The van der Waals surface area contributed by atoms with Crippen molar-refractivity contribution in [2.75, 3.05) is 11.4 Å². The van der Waals surface area contributed by atoms with Gasteiger partial charge in [0, 0.05) is 39.1 Å². The highest BCUT2D eigenvalue weighted by Crippen LogP contribution is 2.40. The molecule has 0 saturated heterocycles. The molecule has 0 amide bonds. The van der Waals surface area contributed by atoms with Crippen LogP contribution in [0, 0.1) is 13.8 Å². The highest BCUT2D eigenvalue weighted by atomic mass is 15.1. The van der Waals surface area contributed by atoms with Crippen LogP contribution in [0.1, 0.15) is 22.3 Å². The summed E-state index contributed by atoms with van der Waals surface area (Å²) in [5.74, 6) is 0.808. The Kier molecular flexibility index (Phi) is 7.63. The summed E-state index contributed by atoms with van der Waals surface area (Å²) in [6.45, 7) is 5.05. The van der Waals surface area contributed by atoms with Gasteiger partial charge in [0.1, 0.15) is 0 Å². The number of aromatic nitrogens is 1. The summed E-state index contributed by atoms with van der Waals surface area (Å²) in [6.07, 6.45) is 0. The number of amidine groups is 1. The van der Waals surface area contributed by atoms with Crippen LogP contribution in [-0.2, 0) is 0 Å². The van der Waals surface area contributed by atoms with E-state index in [0.29, 0.717) is 6.54 Å². The topological polar surface area (TPSA) is 32.9 Å². The molecule has 51 heavy (non-hydrogen) atoms. The Morgan fingerprint density at radius 3 is 1.80 bits per heavy atom. The second kappa shape index (κ2) is 12.7. The maximum atomic E-state index is 4.86. The molecule has 1 aromatic heterocycles. The molecule has 0 unspecified atom stereocenters. The van der Waals surface area contributed by atoms with E-state index in [1.807, 2.05) is 18.2 Å². The van der Waals surface area contributed by atoms with Crippen LogP contribution >= 0.6 is 0 Å². The van der Waals surface area contributed by atoms with Crippen LogP contribution in [0.5, 0.6) is 0 Å². The van der Waals surface area contributed by atoms with Crippen LogP contribution in [0.4, 0.5) is 17.1 Å². The van der Waals surface area contributed by atoms with E-state index in [2.05, 4.69) is 175 Å². The predicted molar refractivity (Wildman–Crippen MR) is 215 cm³/mol. The third-order valence-corrected chi connectivity index (χ3v) is 9.91. The number of rotatable bonds is 7. The van der Waals surface area contributed by atoms with Gasteiger partial charge in [0.25, 0.3) is 0 Å². The first kappa shape index (κ1) is 30.5. The Hall–Kier alpha value is -6.52. The molecule has 9 rings (SSSR count). The minimum atomic E-state index is 0.604. The van der Waals surface area contributed by atoms with Gasteiger partial charge in [0.15, 0.2) is 5.84 Å². The van der Waals surface area contributed by atoms with Crippen molar-refractivity contribution in [3.05, 3.63) is 192 Å². The van der Waals surface area contributed by atoms with Gasteiger partial charge in [-0.2, -0.15) is 0 Å². The fraction of sp³-hybridized carbons (Fsp3) is 0.0638. The van der Waals surface area contributed by atoms with Gasteiger partial charge in [0.05, 0.1) is 23.3 Å². The minimum absolute atomic E-state index is 0.604. The van der Waals surface area contributed by atoms with Crippen molar-refractivity contribution in [1.82, 2.24) is 4.57 Å². The molecule has 0 atom stereocenters. The zero-order chi connectivity index (χ0) is 34.3. The number of fused-ring (bicyclic) bond motifs is 3. The molecule has 8 aromatic rings. The van der Waals surface area contributed by atoms with E-state index < -0.39 is 0 Å². The fourth-order valence-electron chi connectivity index (χ4n) is 7.40. The largest absolute Gasteiger partial charge is 0.310 e. The first-order chi connectivity index (χ1) is 25.1. The highest BCUT2D eigenvalue weighted by Gasteiger charge is 2.19. The summed E-state index contributed by atoms with van der Waals surface area (Å²) in [4.78, 5) is 11.9. The summed E-state index contributed by atoms with van der Waals surface area (Å²) in [5.41, 5.74) is 15.0. The van der Waals surface area contributed by atoms with Gasteiger partial charge in [-0.15, -0.1) is 0 Å². The fourth-order valence-corrected chi connectivity index (χ4v) is 7.40. The van der Waals surface area contributed by atoms with E-state index in [4.69, 9.17) is 9.98 Å². The van der Waals surface area contributed by atoms with Crippen LogP contribution < -0.4 is 4.90 Å². The third-order valence-electron chi connectivity index (χ3n) is 9.91. The van der Waals surface area contributed by atoms with Crippen LogP contribution in [0.25, 0.3) is 38.6 Å². The molecule has 244 valence electrons. The standard InChI is InChI=1S/C47H36N4/c1-32-29-46(33(2)28-41(32)34-22-24-35(25-23-34)43-31-48-47(49-43)36-14-6-3-7-15-36)51-44-21-13-12-20-40(44)42-30-39(26-27-45(42)51)50(37-16-8-4-9-17-37)38-18-10-5-11-19-38/h3-30H,31H2,1-2H3. The lowest BCUT2D eigenvalue weighted by Crippen LogP contribution is -2.09. The molecule has 7 aromatic carbocycles. The predicted octanol–water partition coefficient (Wildman–Crippen LogP) is 11.8. The van der Waals surface area contributed by atoms with Crippen molar-refractivity contribution < 1.29 is 0 Å². The van der Waals surface area contributed by atoms with Crippen LogP contribution in [0.3, 0.4) is 0 Å². The zero-order valence-electron chi connectivity index (χ0n) is 28.7. The highest BCUT2D eigenvalue weighted by molar-refractivity contribution is 6.17. The molecule has 0 spiro atoms. The normalized spacial score (nSPS) is 12.7. The Labute approximate surface area is 298 Å². The quantitative estimate of drug-likeness (QED) is 0.168. The molecular formula is C47H36N4. The lowest BCUT2D eigenvalue weighted by molar-refractivity contribution is 1.14. The molecular weight excluding hydrogens is 621 g/mol. The summed E-state index contributed by atoms with van der Waals surface area (Å²) in [7, 11) is 0. The zero-order valence-corrected chi connectivity index (χ0v) is 28.7. The van der Waals surface area contributed by atoms with Gasteiger partial charge in [-0.3, -0.25) is 4.99 Å². The molecule has 4 heteroatoms. The number of anilines is 3. The lowest BCUT2D eigenvalue weighted by Gasteiger charge is -2.25. The van der Waals surface area contributed by atoms with Gasteiger partial charge in [-0.05, 0) is 102 Å². The van der Waals surface area contributed by atoms with E-state index in [-0.39, 0.29) is 0 Å². The average Bonchev–Trinajstić information content (AvgIpc) is 3.81. The van der Waals surface area contributed by atoms with E-state index >= 15 is 0 Å². The van der Waals surface area contributed by atoms with E-state index in [9.17, 15) is 0 Å². The van der Waals surface area contributed by atoms with E-state index in [1.54, 1.807) is 0 Å². The molecule has 1 aliphatic heterocycles. The Balaban J connectivity index is 1.09. The molecule has 0 radical (unpaired) electrons. The van der Waals surface area contributed by atoms with Crippen molar-refractivity contribution >= 4 is 50.4 Å². The minimum Gasteiger partial charge on any atom is -0.310 e. The first-order valence-electron chi connectivity index (χ1n) is 17.5. The average molecular weight is 657 g/mol. The van der Waals surface area contributed by atoms with Crippen molar-refractivity contribution in [3.63, 3.8) is 0 Å². The number of hydrogen-bond donors (Lipinski definition) is 0. The van der Waals surface area contributed by atoms with Crippen molar-refractivity contribution in [2.24, 2.45) is 9.98 Å². The summed E-state index contributed by atoms with van der Waals surface area (Å²) in [5, 5.41) is 2.47. The number of para-hydroxylation sites is 3. The van der Waals surface area contributed by atoms with Crippen LogP contribution in [-0.4, -0.2) is 22.7 Å². The van der Waals surface area contributed by atoms with Gasteiger partial charge in [-0.25, -0.2) is 4.99 Å². The van der Waals surface area contributed by atoms with Gasteiger partial charge in [-0.1, -0.05) is 109 Å². The molecule has 1 aliphatic rings.